The highest BCUT2D eigenvalue weighted by atomic mass is 16.5. The molecular formula is C24H30N2O4. The molecule has 0 aromatic heterocycles. The monoisotopic (exact) mass is 410 g/mol. The van der Waals surface area contributed by atoms with Crippen LogP contribution >= 0.6 is 0 Å². The zero-order valence-electron chi connectivity index (χ0n) is 17.6. The number of nitrogen functional groups attached to an aromatic ring is 1. The summed E-state index contributed by atoms with van der Waals surface area (Å²) in [5, 5.41) is 2.99. The summed E-state index contributed by atoms with van der Waals surface area (Å²) in [5.41, 5.74) is 7.89. The van der Waals surface area contributed by atoms with E-state index in [1.54, 1.807) is 19.2 Å². The SMILES string of the molecule is COC(=O)[C@H](Cc1ccc(N)cc1)NC(=O)C1(Cc2ccc(OC)cc2)CCCC1. The molecule has 1 fully saturated rings. The number of carbonyl (C=O) groups is 2. The first-order valence-electron chi connectivity index (χ1n) is 10.3. The van der Waals surface area contributed by atoms with Crippen molar-refractivity contribution in [3.8, 4) is 5.75 Å². The Hall–Kier alpha value is -3.02. The van der Waals surface area contributed by atoms with Gasteiger partial charge in [-0.1, -0.05) is 37.1 Å². The Morgan fingerprint density at radius 3 is 2.17 bits per heavy atom. The number of benzene rings is 2. The molecule has 0 bridgehead atoms. The molecule has 1 atom stereocenters. The second-order valence-electron chi connectivity index (χ2n) is 8.01. The maximum absolute atomic E-state index is 13.4. The summed E-state index contributed by atoms with van der Waals surface area (Å²) in [6, 6.07) is 14.4. The molecule has 0 unspecified atom stereocenters. The van der Waals surface area contributed by atoms with Crippen molar-refractivity contribution in [2.75, 3.05) is 20.0 Å². The third-order valence-electron chi connectivity index (χ3n) is 5.95. The van der Waals surface area contributed by atoms with Crippen LogP contribution in [0.2, 0.25) is 0 Å². The first kappa shape index (κ1) is 21.7. The summed E-state index contributed by atoms with van der Waals surface area (Å²) in [4.78, 5) is 25.8. The van der Waals surface area contributed by atoms with Crippen LogP contribution in [0.4, 0.5) is 5.69 Å². The lowest BCUT2D eigenvalue weighted by molar-refractivity contribution is -0.146. The lowest BCUT2D eigenvalue weighted by atomic mass is 9.78. The van der Waals surface area contributed by atoms with Crippen LogP contribution < -0.4 is 15.8 Å². The van der Waals surface area contributed by atoms with Gasteiger partial charge >= 0.3 is 5.97 Å². The number of rotatable bonds is 8. The number of amides is 1. The van der Waals surface area contributed by atoms with Gasteiger partial charge in [0.15, 0.2) is 0 Å². The van der Waals surface area contributed by atoms with Gasteiger partial charge in [-0.2, -0.15) is 0 Å². The van der Waals surface area contributed by atoms with E-state index < -0.39 is 17.4 Å². The standard InChI is InChI=1S/C24H30N2O4/c1-29-20-11-7-18(8-12-20)16-24(13-3-4-14-24)23(28)26-21(22(27)30-2)15-17-5-9-19(25)10-6-17/h5-12,21H,3-4,13-16,25H2,1-2H3,(H,26,28)/t21-/m0/s1. The normalized spacial score (nSPS) is 15.9. The van der Waals surface area contributed by atoms with Gasteiger partial charge in [0.1, 0.15) is 11.8 Å². The maximum atomic E-state index is 13.4. The van der Waals surface area contributed by atoms with Crippen LogP contribution in [0.1, 0.15) is 36.8 Å². The smallest absolute Gasteiger partial charge is 0.328 e. The Morgan fingerprint density at radius 2 is 1.60 bits per heavy atom. The second kappa shape index (κ2) is 9.65. The highest BCUT2D eigenvalue weighted by molar-refractivity contribution is 5.88. The number of nitrogens with two attached hydrogens (primary N) is 1. The average Bonchev–Trinajstić information content (AvgIpc) is 3.24. The summed E-state index contributed by atoms with van der Waals surface area (Å²) in [5.74, 6) is 0.261. The molecule has 3 rings (SSSR count). The van der Waals surface area contributed by atoms with E-state index in [-0.39, 0.29) is 5.91 Å². The summed E-state index contributed by atoms with van der Waals surface area (Å²) >= 11 is 0. The van der Waals surface area contributed by atoms with E-state index in [9.17, 15) is 9.59 Å². The number of carbonyl (C=O) groups excluding carboxylic acids is 2. The molecule has 2 aromatic carbocycles. The molecule has 3 N–H and O–H groups in total. The van der Waals surface area contributed by atoms with E-state index in [1.165, 1.54) is 7.11 Å². The number of nitrogens with one attached hydrogen (secondary N) is 1. The number of ether oxygens (including phenoxy) is 2. The quantitative estimate of drug-likeness (QED) is 0.515. The fraction of sp³-hybridized carbons (Fsp3) is 0.417. The average molecular weight is 411 g/mol. The molecule has 0 aliphatic heterocycles. The molecule has 0 heterocycles. The molecule has 2 aromatic rings. The van der Waals surface area contributed by atoms with Crippen molar-refractivity contribution in [3.63, 3.8) is 0 Å². The summed E-state index contributed by atoms with van der Waals surface area (Å²) in [7, 11) is 2.97. The number of anilines is 1. The first-order valence-corrected chi connectivity index (χ1v) is 10.3. The van der Waals surface area contributed by atoms with E-state index in [2.05, 4.69) is 5.32 Å². The van der Waals surface area contributed by atoms with E-state index in [0.717, 1.165) is 42.6 Å². The second-order valence-corrected chi connectivity index (χ2v) is 8.01. The lowest BCUT2D eigenvalue weighted by Gasteiger charge is -2.30. The molecule has 0 radical (unpaired) electrons. The van der Waals surface area contributed by atoms with E-state index in [0.29, 0.717) is 18.5 Å². The zero-order valence-corrected chi connectivity index (χ0v) is 17.6. The molecule has 1 amide bonds. The van der Waals surface area contributed by atoms with E-state index in [4.69, 9.17) is 15.2 Å². The molecule has 160 valence electrons. The van der Waals surface area contributed by atoms with Gasteiger partial charge in [0.25, 0.3) is 0 Å². The predicted octanol–water partition coefficient (Wildman–Crippen LogP) is 3.28. The maximum Gasteiger partial charge on any atom is 0.328 e. The minimum absolute atomic E-state index is 0.0818. The fourth-order valence-corrected chi connectivity index (χ4v) is 4.21. The minimum Gasteiger partial charge on any atom is -0.497 e. The van der Waals surface area contributed by atoms with Crippen molar-refractivity contribution in [3.05, 3.63) is 59.7 Å². The molecular weight excluding hydrogens is 380 g/mol. The van der Waals surface area contributed by atoms with Gasteiger partial charge in [-0.3, -0.25) is 4.79 Å². The molecule has 6 nitrogen and oxygen atoms in total. The van der Waals surface area contributed by atoms with Gasteiger partial charge in [-0.15, -0.1) is 0 Å². The van der Waals surface area contributed by atoms with Crippen LogP contribution in [-0.4, -0.2) is 32.1 Å². The van der Waals surface area contributed by atoms with Crippen LogP contribution in [0.25, 0.3) is 0 Å². The Balaban J connectivity index is 1.76. The van der Waals surface area contributed by atoms with Crippen molar-refractivity contribution in [2.24, 2.45) is 5.41 Å². The predicted molar refractivity (Wildman–Crippen MR) is 116 cm³/mol. The summed E-state index contributed by atoms with van der Waals surface area (Å²) in [6.45, 7) is 0. The first-order chi connectivity index (χ1) is 14.5. The highest BCUT2D eigenvalue weighted by Gasteiger charge is 2.42. The Bertz CT molecular complexity index is 856. The van der Waals surface area contributed by atoms with E-state index in [1.807, 2.05) is 36.4 Å². The molecule has 0 spiro atoms. The van der Waals surface area contributed by atoms with Gasteiger partial charge in [0.05, 0.1) is 19.6 Å². The third kappa shape index (κ3) is 5.12. The van der Waals surface area contributed by atoms with Crippen molar-refractivity contribution >= 4 is 17.6 Å². The van der Waals surface area contributed by atoms with Gasteiger partial charge in [0, 0.05) is 12.1 Å². The highest BCUT2D eigenvalue weighted by Crippen LogP contribution is 2.41. The molecule has 30 heavy (non-hydrogen) atoms. The van der Waals surface area contributed by atoms with Crippen molar-refractivity contribution in [1.29, 1.82) is 0 Å². The van der Waals surface area contributed by atoms with Crippen LogP contribution in [0.15, 0.2) is 48.5 Å². The molecule has 1 saturated carbocycles. The fourth-order valence-electron chi connectivity index (χ4n) is 4.21. The lowest BCUT2D eigenvalue weighted by Crippen LogP contribution is -2.49. The van der Waals surface area contributed by atoms with Crippen LogP contribution in [0, 0.1) is 5.41 Å². The van der Waals surface area contributed by atoms with Crippen molar-refractivity contribution < 1.29 is 19.1 Å². The van der Waals surface area contributed by atoms with Crippen molar-refractivity contribution in [2.45, 2.75) is 44.6 Å². The third-order valence-corrected chi connectivity index (χ3v) is 5.95. The van der Waals surface area contributed by atoms with Crippen LogP contribution in [-0.2, 0) is 27.2 Å². The Labute approximate surface area is 177 Å². The van der Waals surface area contributed by atoms with Gasteiger partial charge < -0.3 is 20.5 Å². The van der Waals surface area contributed by atoms with Crippen molar-refractivity contribution in [1.82, 2.24) is 5.32 Å². The Morgan fingerprint density at radius 1 is 1.00 bits per heavy atom. The Kier molecular flexibility index (Phi) is 6.98. The number of hydrogen-bond acceptors (Lipinski definition) is 5. The van der Waals surface area contributed by atoms with Crippen LogP contribution in [0.5, 0.6) is 5.75 Å². The number of hydrogen-bond donors (Lipinski definition) is 2. The summed E-state index contributed by atoms with van der Waals surface area (Å²) in [6.07, 6.45) is 4.62. The number of methoxy groups -OCH3 is 2. The van der Waals surface area contributed by atoms with Gasteiger partial charge in [-0.05, 0) is 54.7 Å². The zero-order chi connectivity index (χ0) is 21.6. The molecule has 1 aliphatic carbocycles. The molecule has 1 aliphatic rings. The molecule has 0 saturated heterocycles. The van der Waals surface area contributed by atoms with E-state index >= 15 is 0 Å². The minimum atomic E-state index is -0.737. The largest absolute Gasteiger partial charge is 0.497 e. The van der Waals surface area contributed by atoms with Gasteiger partial charge in [0.2, 0.25) is 5.91 Å². The topological polar surface area (TPSA) is 90.6 Å². The summed E-state index contributed by atoms with van der Waals surface area (Å²) < 4.78 is 10.2. The number of esters is 1. The van der Waals surface area contributed by atoms with Crippen LogP contribution in [0.3, 0.4) is 0 Å². The van der Waals surface area contributed by atoms with Gasteiger partial charge in [-0.25, -0.2) is 4.79 Å². The molecule has 6 heteroatoms.